The van der Waals surface area contributed by atoms with E-state index in [1.807, 2.05) is 13.8 Å². The molecule has 3 nitrogen and oxygen atoms in total. The first-order chi connectivity index (χ1) is 9.35. The number of hydrogen-bond donors (Lipinski definition) is 1. The maximum atomic E-state index is 13.5. The topological polar surface area (TPSA) is 46.3 Å². The molecular weight excluding hydrogens is 282 g/mol. The molecule has 0 aliphatic rings. The van der Waals surface area contributed by atoms with Gasteiger partial charge >= 0.3 is 0 Å². The summed E-state index contributed by atoms with van der Waals surface area (Å²) in [6, 6.07) is 3.20. The molecule has 1 unspecified atom stereocenters. The number of amides is 1. The highest BCUT2D eigenvalue weighted by Crippen LogP contribution is 2.12. The lowest BCUT2D eigenvalue weighted by molar-refractivity contribution is -0.130. The maximum Gasteiger partial charge on any atom is 0.227 e. The Balaban J connectivity index is 2.74. The third-order valence-corrected chi connectivity index (χ3v) is 3.47. The zero-order valence-electron chi connectivity index (χ0n) is 11.5. The Hall–Kier alpha value is -1.56. The molecular formula is C14H18F2N2OS. The van der Waals surface area contributed by atoms with Crippen LogP contribution in [0, 0.1) is 17.6 Å². The van der Waals surface area contributed by atoms with Gasteiger partial charge in [0, 0.05) is 25.1 Å². The highest BCUT2D eigenvalue weighted by Gasteiger charge is 2.18. The molecule has 110 valence electrons. The van der Waals surface area contributed by atoms with Gasteiger partial charge in [0.15, 0.2) is 0 Å². The minimum Gasteiger partial charge on any atom is -0.393 e. The average Bonchev–Trinajstić information content (AvgIpc) is 2.38. The molecule has 6 heteroatoms. The van der Waals surface area contributed by atoms with Crippen LogP contribution in [0.25, 0.3) is 0 Å². The van der Waals surface area contributed by atoms with E-state index in [1.165, 1.54) is 6.07 Å². The third-order valence-electron chi connectivity index (χ3n) is 3.07. The fourth-order valence-corrected chi connectivity index (χ4v) is 1.84. The van der Waals surface area contributed by atoms with E-state index in [9.17, 15) is 13.6 Å². The highest BCUT2D eigenvalue weighted by molar-refractivity contribution is 7.80. The van der Waals surface area contributed by atoms with Gasteiger partial charge in [-0.25, -0.2) is 8.78 Å². The van der Waals surface area contributed by atoms with Gasteiger partial charge in [0.05, 0.1) is 11.4 Å². The molecule has 0 spiro atoms. The molecule has 0 fully saturated rings. The van der Waals surface area contributed by atoms with Crippen LogP contribution in [0.1, 0.15) is 19.4 Å². The molecule has 0 radical (unpaired) electrons. The van der Waals surface area contributed by atoms with E-state index >= 15 is 0 Å². The van der Waals surface area contributed by atoms with Crippen molar-refractivity contribution in [3.05, 3.63) is 35.4 Å². The number of nitrogens with two attached hydrogens (primary N) is 1. The van der Waals surface area contributed by atoms with Gasteiger partial charge < -0.3 is 10.6 Å². The number of carbonyl (C=O) groups excluding carboxylic acids is 1. The van der Waals surface area contributed by atoms with Gasteiger partial charge in [0.25, 0.3) is 0 Å². The quantitative estimate of drug-likeness (QED) is 0.820. The number of hydrogen-bond acceptors (Lipinski definition) is 2. The summed E-state index contributed by atoms with van der Waals surface area (Å²) in [5.74, 6) is -1.71. The minimum absolute atomic E-state index is 0.105. The summed E-state index contributed by atoms with van der Waals surface area (Å²) in [6.45, 7) is 4.53. The van der Waals surface area contributed by atoms with Crippen molar-refractivity contribution < 1.29 is 13.6 Å². The summed E-state index contributed by atoms with van der Waals surface area (Å²) in [5.41, 5.74) is 5.70. The third kappa shape index (κ3) is 4.52. The van der Waals surface area contributed by atoms with Crippen LogP contribution in [0.3, 0.4) is 0 Å². The van der Waals surface area contributed by atoms with Crippen LogP contribution in [0.5, 0.6) is 0 Å². The zero-order valence-corrected chi connectivity index (χ0v) is 12.3. The van der Waals surface area contributed by atoms with E-state index in [1.54, 1.807) is 4.90 Å². The van der Waals surface area contributed by atoms with Crippen molar-refractivity contribution in [3.8, 4) is 0 Å². The van der Waals surface area contributed by atoms with E-state index < -0.39 is 11.6 Å². The van der Waals surface area contributed by atoms with Crippen LogP contribution in [0.4, 0.5) is 8.78 Å². The van der Waals surface area contributed by atoms with Gasteiger partial charge in [-0.05, 0) is 18.6 Å². The molecule has 0 heterocycles. The highest BCUT2D eigenvalue weighted by atomic mass is 32.1. The fourth-order valence-electron chi connectivity index (χ4n) is 1.77. The van der Waals surface area contributed by atoms with Gasteiger partial charge in [-0.15, -0.1) is 0 Å². The van der Waals surface area contributed by atoms with Crippen molar-refractivity contribution in [2.45, 2.75) is 20.3 Å². The number of thiocarbonyl (C=S) groups is 1. The molecule has 0 aliphatic carbocycles. The van der Waals surface area contributed by atoms with E-state index in [0.717, 1.165) is 12.1 Å². The lowest BCUT2D eigenvalue weighted by Gasteiger charge is -2.24. The Labute approximate surface area is 122 Å². The molecule has 2 N–H and O–H groups in total. The molecule has 1 amide bonds. The van der Waals surface area contributed by atoms with Crippen molar-refractivity contribution >= 4 is 23.1 Å². The van der Waals surface area contributed by atoms with Crippen LogP contribution in [0.2, 0.25) is 0 Å². The summed E-state index contributed by atoms with van der Waals surface area (Å²) in [6.07, 6.45) is -0.107. The van der Waals surface area contributed by atoms with E-state index in [-0.39, 0.29) is 23.8 Å². The standard InChI is InChI=1S/C14H18F2N2OS/c1-3-18(8-9(2)14(17)20)13(19)6-10-4-5-11(15)7-12(10)16/h4-5,7,9H,3,6,8H2,1-2H3,(H2,17,20). The van der Waals surface area contributed by atoms with Gasteiger partial charge in [-0.3, -0.25) is 4.79 Å². The van der Waals surface area contributed by atoms with Crippen LogP contribution in [-0.2, 0) is 11.2 Å². The van der Waals surface area contributed by atoms with E-state index in [0.29, 0.717) is 18.1 Å². The summed E-state index contributed by atoms with van der Waals surface area (Å²) >= 11 is 4.87. The van der Waals surface area contributed by atoms with Gasteiger partial charge in [0.2, 0.25) is 5.91 Å². The van der Waals surface area contributed by atoms with E-state index in [2.05, 4.69) is 0 Å². The smallest absolute Gasteiger partial charge is 0.227 e. The normalized spacial score (nSPS) is 12.0. The number of rotatable bonds is 6. The molecule has 1 aromatic carbocycles. The second kappa shape index (κ2) is 7.28. The zero-order chi connectivity index (χ0) is 15.3. The number of benzene rings is 1. The molecule has 20 heavy (non-hydrogen) atoms. The number of nitrogens with zero attached hydrogens (tertiary/aromatic N) is 1. The molecule has 1 atom stereocenters. The summed E-state index contributed by atoms with van der Waals surface area (Å²) in [7, 11) is 0. The summed E-state index contributed by atoms with van der Waals surface area (Å²) in [5, 5.41) is 0. The molecule has 0 saturated heterocycles. The van der Waals surface area contributed by atoms with Gasteiger partial charge in [-0.2, -0.15) is 0 Å². The monoisotopic (exact) mass is 300 g/mol. The first kappa shape index (κ1) is 16.5. The van der Waals surface area contributed by atoms with Crippen LogP contribution in [0.15, 0.2) is 18.2 Å². The number of carbonyl (C=O) groups is 1. The fraction of sp³-hybridized carbons (Fsp3) is 0.429. The largest absolute Gasteiger partial charge is 0.393 e. The second-order valence-corrected chi connectivity index (χ2v) is 5.12. The van der Waals surface area contributed by atoms with E-state index in [4.69, 9.17) is 18.0 Å². The van der Waals surface area contributed by atoms with Crippen molar-refractivity contribution in [1.82, 2.24) is 4.90 Å². The van der Waals surface area contributed by atoms with Crippen molar-refractivity contribution in [1.29, 1.82) is 0 Å². The Bertz CT molecular complexity index is 508. The second-order valence-electron chi connectivity index (χ2n) is 4.65. The molecule has 0 saturated carbocycles. The summed E-state index contributed by atoms with van der Waals surface area (Å²) in [4.78, 5) is 14.0. The maximum absolute atomic E-state index is 13.5. The molecule has 1 aromatic rings. The minimum atomic E-state index is -0.711. The van der Waals surface area contributed by atoms with Crippen molar-refractivity contribution in [2.24, 2.45) is 11.7 Å². The van der Waals surface area contributed by atoms with Gasteiger partial charge in [-0.1, -0.05) is 25.2 Å². The Morgan fingerprint density at radius 1 is 1.45 bits per heavy atom. The van der Waals surface area contributed by atoms with Crippen molar-refractivity contribution in [3.63, 3.8) is 0 Å². The Morgan fingerprint density at radius 2 is 2.10 bits per heavy atom. The van der Waals surface area contributed by atoms with Crippen LogP contribution < -0.4 is 5.73 Å². The average molecular weight is 300 g/mol. The number of likely N-dealkylation sites (N-methyl/N-ethyl adjacent to an activating group) is 1. The van der Waals surface area contributed by atoms with Crippen molar-refractivity contribution in [2.75, 3.05) is 13.1 Å². The first-order valence-corrected chi connectivity index (χ1v) is 6.77. The van der Waals surface area contributed by atoms with Gasteiger partial charge in [0.1, 0.15) is 11.6 Å². The molecule has 0 bridgehead atoms. The molecule has 0 aromatic heterocycles. The predicted octanol–water partition coefficient (Wildman–Crippen LogP) is 2.28. The molecule has 0 aliphatic heterocycles. The SMILES string of the molecule is CCN(CC(C)C(N)=S)C(=O)Cc1ccc(F)cc1F. The lowest BCUT2D eigenvalue weighted by atomic mass is 10.1. The lowest BCUT2D eigenvalue weighted by Crippen LogP contribution is -2.39. The Morgan fingerprint density at radius 3 is 2.60 bits per heavy atom. The molecule has 1 rings (SSSR count). The van der Waals surface area contributed by atoms with Crippen LogP contribution >= 0.6 is 12.2 Å². The summed E-state index contributed by atoms with van der Waals surface area (Å²) < 4.78 is 26.3. The number of halogens is 2. The first-order valence-electron chi connectivity index (χ1n) is 6.36. The Kier molecular flexibility index (Phi) is 6.01. The van der Waals surface area contributed by atoms with Crippen LogP contribution in [-0.4, -0.2) is 28.9 Å². The predicted molar refractivity (Wildman–Crippen MR) is 78.3 cm³/mol.